The van der Waals surface area contributed by atoms with Gasteiger partial charge < -0.3 is 10.4 Å². The number of carboxylic acid groups (broad SMARTS) is 1. The highest BCUT2D eigenvalue weighted by Gasteiger charge is 2.36. The Bertz CT molecular complexity index is 418. The summed E-state index contributed by atoms with van der Waals surface area (Å²) in [6, 6.07) is 4.56. The summed E-state index contributed by atoms with van der Waals surface area (Å²) >= 11 is 11.8. The van der Waals surface area contributed by atoms with Crippen LogP contribution in [-0.2, 0) is 4.79 Å². The van der Waals surface area contributed by atoms with Crippen LogP contribution >= 0.6 is 23.2 Å². The number of nitrogens with one attached hydrogen (secondary N) is 1. The monoisotopic (exact) mass is 259 g/mol. The molecule has 0 saturated heterocycles. The maximum absolute atomic E-state index is 11.0. The minimum atomic E-state index is -0.849. The second-order valence-corrected chi connectivity index (χ2v) is 4.68. The third kappa shape index (κ3) is 2.42. The Morgan fingerprint density at radius 3 is 2.69 bits per heavy atom. The zero-order valence-electron chi connectivity index (χ0n) is 8.41. The van der Waals surface area contributed by atoms with Crippen molar-refractivity contribution in [3.8, 4) is 0 Å². The largest absolute Gasteiger partial charge is 0.480 e. The summed E-state index contributed by atoms with van der Waals surface area (Å²) in [6.45, 7) is 0. The van der Waals surface area contributed by atoms with Gasteiger partial charge in [0.05, 0.1) is 15.7 Å². The van der Waals surface area contributed by atoms with Crippen LogP contribution in [0.1, 0.15) is 12.8 Å². The smallest absolute Gasteiger partial charge is 0.326 e. The molecule has 0 amide bonds. The van der Waals surface area contributed by atoms with Crippen LogP contribution in [0.2, 0.25) is 10.0 Å². The van der Waals surface area contributed by atoms with E-state index in [-0.39, 0.29) is 5.92 Å². The van der Waals surface area contributed by atoms with Crippen LogP contribution in [0.5, 0.6) is 0 Å². The Hall–Kier alpha value is -0.930. The van der Waals surface area contributed by atoms with Gasteiger partial charge in [0.2, 0.25) is 0 Å². The van der Waals surface area contributed by atoms with Gasteiger partial charge in [0.1, 0.15) is 6.04 Å². The van der Waals surface area contributed by atoms with Crippen LogP contribution in [0.15, 0.2) is 18.2 Å². The molecule has 1 aromatic carbocycles. The highest BCUT2D eigenvalue weighted by molar-refractivity contribution is 6.43. The number of benzene rings is 1. The molecule has 1 fully saturated rings. The zero-order valence-corrected chi connectivity index (χ0v) is 9.92. The first-order chi connectivity index (χ1) is 7.59. The number of hydrogen-bond donors (Lipinski definition) is 2. The van der Waals surface area contributed by atoms with E-state index < -0.39 is 12.0 Å². The van der Waals surface area contributed by atoms with Gasteiger partial charge in [-0.05, 0) is 30.9 Å². The molecular formula is C11H11Cl2NO2. The topological polar surface area (TPSA) is 49.3 Å². The summed E-state index contributed by atoms with van der Waals surface area (Å²) in [5, 5.41) is 12.8. The lowest BCUT2D eigenvalue weighted by molar-refractivity contribution is -0.138. The van der Waals surface area contributed by atoms with Gasteiger partial charge in [-0.2, -0.15) is 0 Å². The molecule has 1 saturated carbocycles. The van der Waals surface area contributed by atoms with E-state index in [0.29, 0.717) is 15.7 Å². The van der Waals surface area contributed by atoms with E-state index in [1.807, 2.05) is 0 Å². The van der Waals surface area contributed by atoms with Crippen molar-refractivity contribution >= 4 is 34.9 Å². The van der Waals surface area contributed by atoms with Gasteiger partial charge in [-0.1, -0.05) is 29.3 Å². The van der Waals surface area contributed by atoms with Crippen molar-refractivity contribution in [2.75, 3.05) is 5.32 Å². The van der Waals surface area contributed by atoms with Crippen molar-refractivity contribution in [2.45, 2.75) is 18.9 Å². The molecule has 0 aliphatic heterocycles. The van der Waals surface area contributed by atoms with Crippen LogP contribution in [-0.4, -0.2) is 17.1 Å². The summed E-state index contributed by atoms with van der Waals surface area (Å²) in [6.07, 6.45) is 1.89. The van der Waals surface area contributed by atoms with Crippen molar-refractivity contribution in [1.82, 2.24) is 0 Å². The Morgan fingerprint density at radius 2 is 2.12 bits per heavy atom. The summed E-state index contributed by atoms with van der Waals surface area (Å²) in [4.78, 5) is 11.0. The molecule has 0 aromatic heterocycles. The average Bonchev–Trinajstić information content (AvgIpc) is 3.03. The maximum atomic E-state index is 11.0. The molecule has 3 nitrogen and oxygen atoms in total. The summed E-state index contributed by atoms with van der Waals surface area (Å²) < 4.78 is 0. The van der Waals surface area contributed by atoms with Gasteiger partial charge in [-0.25, -0.2) is 4.79 Å². The molecule has 1 aromatic rings. The fourth-order valence-electron chi connectivity index (χ4n) is 1.59. The van der Waals surface area contributed by atoms with Gasteiger partial charge in [0.25, 0.3) is 0 Å². The molecular weight excluding hydrogens is 249 g/mol. The molecule has 2 rings (SSSR count). The number of carboxylic acids is 1. The lowest BCUT2D eigenvalue weighted by atomic mass is 10.1. The molecule has 0 radical (unpaired) electrons. The quantitative estimate of drug-likeness (QED) is 0.873. The first-order valence-electron chi connectivity index (χ1n) is 5.03. The van der Waals surface area contributed by atoms with E-state index >= 15 is 0 Å². The van der Waals surface area contributed by atoms with Crippen LogP contribution < -0.4 is 5.32 Å². The molecule has 2 N–H and O–H groups in total. The fraction of sp³-hybridized carbons (Fsp3) is 0.364. The first kappa shape index (κ1) is 11.6. The molecule has 1 aliphatic rings. The minimum absolute atomic E-state index is 0.201. The van der Waals surface area contributed by atoms with Crippen molar-refractivity contribution < 1.29 is 9.90 Å². The van der Waals surface area contributed by atoms with Crippen molar-refractivity contribution in [1.29, 1.82) is 0 Å². The van der Waals surface area contributed by atoms with Crippen molar-refractivity contribution in [3.63, 3.8) is 0 Å². The second kappa shape index (κ2) is 4.52. The van der Waals surface area contributed by atoms with Gasteiger partial charge in [-0.3, -0.25) is 0 Å². The molecule has 86 valence electrons. The Balaban J connectivity index is 2.18. The van der Waals surface area contributed by atoms with E-state index in [2.05, 4.69) is 5.32 Å². The molecule has 0 spiro atoms. The van der Waals surface area contributed by atoms with Gasteiger partial charge in [0.15, 0.2) is 0 Å². The van der Waals surface area contributed by atoms with Gasteiger partial charge in [-0.15, -0.1) is 0 Å². The third-order valence-electron chi connectivity index (χ3n) is 2.62. The van der Waals surface area contributed by atoms with Crippen molar-refractivity contribution in [2.24, 2.45) is 5.92 Å². The van der Waals surface area contributed by atoms with Gasteiger partial charge in [0, 0.05) is 0 Å². The third-order valence-corrected chi connectivity index (χ3v) is 3.44. The minimum Gasteiger partial charge on any atom is -0.480 e. The number of aliphatic carboxylic acids is 1. The van der Waals surface area contributed by atoms with Crippen molar-refractivity contribution in [3.05, 3.63) is 28.2 Å². The first-order valence-corrected chi connectivity index (χ1v) is 5.78. The van der Waals surface area contributed by atoms with E-state index in [1.54, 1.807) is 18.2 Å². The molecule has 1 aliphatic carbocycles. The normalized spacial score (nSPS) is 16.9. The predicted molar refractivity (Wildman–Crippen MR) is 64.2 cm³/mol. The van der Waals surface area contributed by atoms with E-state index in [0.717, 1.165) is 12.8 Å². The van der Waals surface area contributed by atoms with Crippen LogP contribution in [0, 0.1) is 5.92 Å². The van der Waals surface area contributed by atoms with Gasteiger partial charge >= 0.3 is 5.97 Å². The number of halogens is 2. The van der Waals surface area contributed by atoms with E-state index in [4.69, 9.17) is 28.3 Å². The SMILES string of the molecule is O=C(O)C(Nc1cccc(Cl)c1Cl)C1CC1. The second-order valence-electron chi connectivity index (χ2n) is 3.90. The highest BCUT2D eigenvalue weighted by atomic mass is 35.5. The Morgan fingerprint density at radius 1 is 1.44 bits per heavy atom. The van der Waals surface area contributed by atoms with Crippen LogP contribution in [0.4, 0.5) is 5.69 Å². The lowest BCUT2D eigenvalue weighted by Gasteiger charge is -2.16. The number of anilines is 1. The lowest BCUT2D eigenvalue weighted by Crippen LogP contribution is -2.31. The average molecular weight is 260 g/mol. The fourth-order valence-corrected chi connectivity index (χ4v) is 1.95. The zero-order chi connectivity index (χ0) is 11.7. The maximum Gasteiger partial charge on any atom is 0.326 e. The molecule has 16 heavy (non-hydrogen) atoms. The van der Waals surface area contributed by atoms with Crippen LogP contribution in [0.25, 0.3) is 0 Å². The molecule has 1 unspecified atom stereocenters. The standard InChI is InChI=1S/C11H11Cl2NO2/c12-7-2-1-3-8(9(7)13)14-10(11(15)16)6-4-5-6/h1-3,6,10,14H,4-5H2,(H,15,16). The number of hydrogen-bond acceptors (Lipinski definition) is 2. The predicted octanol–water partition coefficient (Wildman–Crippen LogP) is 3.27. The summed E-state index contributed by atoms with van der Waals surface area (Å²) in [5.41, 5.74) is 0.577. The molecule has 5 heteroatoms. The Kier molecular flexibility index (Phi) is 3.26. The van der Waals surface area contributed by atoms with E-state index in [1.165, 1.54) is 0 Å². The highest BCUT2D eigenvalue weighted by Crippen LogP contribution is 2.36. The van der Waals surface area contributed by atoms with Crippen LogP contribution in [0.3, 0.4) is 0 Å². The Labute approximate surface area is 103 Å². The number of rotatable bonds is 4. The summed E-state index contributed by atoms with van der Waals surface area (Å²) in [7, 11) is 0. The molecule has 0 bridgehead atoms. The van der Waals surface area contributed by atoms with E-state index in [9.17, 15) is 4.79 Å². The summed E-state index contributed by atoms with van der Waals surface area (Å²) in [5.74, 6) is -0.647. The molecule has 1 atom stereocenters. The molecule has 0 heterocycles. The number of carbonyl (C=O) groups is 1.